The number of carbonyl (C=O) groups excluding carboxylic acids is 1. The van der Waals surface area contributed by atoms with Gasteiger partial charge in [0.15, 0.2) is 0 Å². The number of ether oxygens (including phenoxy) is 1. The van der Waals surface area contributed by atoms with E-state index in [1.54, 1.807) is 0 Å². The van der Waals surface area contributed by atoms with Gasteiger partial charge in [-0.1, -0.05) is 11.6 Å². The van der Waals surface area contributed by atoms with Crippen molar-refractivity contribution in [1.29, 1.82) is 0 Å². The van der Waals surface area contributed by atoms with Crippen LogP contribution in [0.3, 0.4) is 0 Å². The SMILES string of the molecule is [CH2-][NH2+]C(C)(C)[C@H]1CC[C@@](C)([C@@H]2CC[C@@](C)(NC=O)[C@H]3CCC(C)=C[C@@]23O)O1. The van der Waals surface area contributed by atoms with Crippen molar-refractivity contribution in [3.8, 4) is 0 Å². The summed E-state index contributed by atoms with van der Waals surface area (Å²) in [7, 11) is 3.99. The number of aliphatic hydroxyl groups is 1. The number of quaternary nitrogens is 1. The minimum absolute atomic E-state index is 0.00420. The number of nitrogens with two attached hydrogens (primary N) is 1. The van der Waals surface area contributed by atoms with Crippen LogP contribution < -0.4 is 10.6 Å². The predicted molar refractivity (Wildman–Crippen MR) is 106 cm³/mol. The highest BCUT2D eigenvalue weighted by molar-refractivity contribution is 5.48. The normalized spacial score (nSPS) is 45.1. The van der Waals surface area contributed by atoms with E-state index in [0.29, 0.717) is 0 Å². The van der Waals surface area contributed by atoms with E-state index in [2.05, 4.69) is 53.1 Å². The second-order valence-electron chi connectivity index (χ2n) is 10.2. The summed E-state index contributed by atoms with van der Waals surface area (Å²) in [6, 6.07) is 0. The Labute approximate surface area is 164 Å². The first-order valence-corrected chi connectivity index (χ1v) is 10.4. The van der Waals surface area contributed by atoms with E-state index in [1.165, 1.54) is 5.57 Å². The number of hydrogen-bond acceptors (Lipinski definition) is 3. The fourth-order valence-electron chi connectivity index (χ4n) is 6.07. The molecule has 2 fully saturated rings. The molecular weight excluding hydrogens is 340 g/mol. The van der Waals surface area contributed by atoms with E-state index in [9.17, 15) is 9.90 Å². The van der Waals surface area contributed by atoms with E-state index < -0.39 is 5.60 Å². The van der Waals surface area contributed by atoms with E-state index in [1.807, 2.05) is 5.32 Å². The van der Waals surface area contributed by atoms with Gasteiger partial charge in [-0.2, -0.15) is 7.05 Å². The number of hydrogen-bond donors (Lipinski definition) is 3. The van der Waals surface area contributed by atoms with Gasteiger partial charge in [0.25, 0.3) is 0 Å². The molecule has 0 radical (unpaired) electrons. The molecule has 0 aromatic carbocycles. The minimum atomic E-state index is -0.951. The largest absolute Gasteiger partial charge is 0.472 e. The fourth-order valence-corrected chi connectivity index (χ4v) is 6.07. The number of allylic oxidation sites excluding steroid dienone is 1. The lowest BCUT2D eigenvalue weighted by molar-refractivity contribution is -0.678. The summed E-state index contributed by atoms with van der Waals surface area (Å²) in [4.78, 5) is 11.3. The number of amides is 1. The van der Waals surface area contributed by atoms with Gasteiger partial charge in [0.2, 0.25) is 6.41 Å². The smallest absolute Gasteiger partial charge is 0.207 e. The lowest BCUT2D eigenvalue weighted by Crippen LogP contribution is -2.92. The molecule has 5 heteroatoms. The number of fused-ring (bicyclic) bond motifs is 1. The quantitative estimate of drug-likeness (QED) is 0.389. The van der Waals surface area contributed by atoms with Crippen LogP contribution in [0.15, 0.2) is 11.6 Å². The van der Waals surface area contributed by atoms with Crippen molar-refractivity contribution in [3.05, 3.63) is 18.7 Å². The highest BCUT2D eigenvalue weighted by atomic mass is 16.5. The van der Waals surface area contributed by atoms with Gasteiger partial charge >= 0.3 is 0 Å². The van der Waals surface area contributed by atoms with Crippen molar-refractivity contribution >= 4 is 6.41 Å². The molecule has 0 bridgehead atoms. The Hall–Kier alpha value is -0.910. The Morgan fingerprint density at radius 1 is 1.30 bits per heavy atom. The summed E-state index contributed by atoms with van der Waals surface area (Å²) in [5.41, 5.74) is -0.542. The molecular formula is C22H38N2O3. The molecule has 0 unspecified atom stereocenters. The van der Waals surface area contributed by atoms with Crippen LogP contribution in [0.25, 0.3) is 0 Å². The molecule has 4 N–H and O–H groups in total. The topological polar surface area (TPSA) is 75.2 Å². The maximum absolute atomic E-state index is 12.0. The Morgan fingerprint density at radius 2 is 2.00 bits per heavy atom. The lowest BCUT2D eigenvalue weighted by atomic mass is 9.53. The van der Waals surface area contributed by atoms with Gasteiger partial charge in [-0.05, 0) is 73.1 Å². The third-order valence-electron chi connectivity index (χ3n) is 7.94. The second-order valence-corrected chi connectivity index (χ2v) is 10.2. The zero-order chi connectivity index (χ0) is 20.1. The number of rotatable bonds is 5. The first-order chi connectivity index (χ1) is 12.5. The van der Waals surface area contributed by atoms with Crippen LogP contribution in [0.5, 0.6) is 0 Å². The van der Waals surface area contributed by atoms with E-state index >= 15 is 0 Å². The molecule has 5 nitrogen and oxygen atoms in total. The van der Waals surface area contributed by atoms with Crippen LogP contribution in [0, 0.1) is 18.9 Å². The van der Waals surface area contributed by atoms with Gasteiger partial charge in [0, 0.05) is 17.4 Å². The molecule has 3 aliphatic rings. The first-order valence-electron chi connectivity index (χ1n) is 10.4. The van der Waals surface area contributed by atoms with Crippen LogP contribution >= 0.6 is 0 Å². The number of nitrogens with one attached hydrogen (secondary N) is 1. The van der Waals surface area contributed by atoms with Gasteiger partial charge in [-0.3, -0.25) is 4.79 Å². The molecule has 1 amide bonds. The standard InChI is InChI=1S/C22H38N2O3/c1-15-7-8-16-20(4,24-14-25)11-9-17(22(16,26)13-15)21(5)12-10-18(27-21)19(2,3)23-6/h13-14,16-18,26H,6-12,23H2,1-5H3,(H,24,25)/t16-,17+,18-,20-,21+,22+/m1/s1. The molecule has 0 spiro atoms. The summed E-state index contributed by atoms with van der Waals surface area (Å²) >= 11 is 0. The van der Waals surface area contributed by atoms with Crippen LogP contribution in [0.1, 0.15) is 73.1 Å². The van der Waals surface area contributed by atoms with E-state index in [4.69, 9.17) is 4.74 Å². The highest BCUT2D eigenvalue weighted by Gasteiger charge is 2.62. The molecule has 0 aromatic rings. The fraction of sp³-hybridized carbons (Fsp3) is 0.818. The summed E-state index contributed by atoms with van der Waals surface area (Å²) in [5.74, 6) is 0.0296. The molecule has 1 aliphatic heterocycles. The van der Waals surface area contributed by atoms with Crippen LogP contribution in [-0.2, 0) is 9.53 Å². The Bertz CT molecular complexity index is 619. The van der Waals surface area contributed by atoms with Crippen molar-refractivity contribution in [2.24, 2.45) is 11.8 Å². The van der Waals surface area contributed by atoms with Crippen molar-refractivity contribution in [3.63, 3.8) is 0 Å². The zero-order valence-corrected chi connectivity index (χ0v) is 17.7. The molecule has 1 saturated heterocycles. The van der Waals surface area contributed by atoms with Crippen LogP contribution in [0.2, 0.25) is 0 Å². The van der Waals surface area contributed by atoms with Gasteiger partial charge in [-0.25, -0.2) is 0 Å². The second kappa shape index (κ2) is 6.85. The summed E-state index contributed by atoms with van der Waals surface area (Å²) in [5, 5.41) is 17.0. The summed E-state index contributed by atoms with van der Waals surface area (Å²) in [6.07, 6.45) is 8.50. The van der Waals surface area contributed by atoms with Crippen LogP contribution in [0.4, 0.5) is 0 Å². The highest BCUT2D eigenvalue weighted by Crippen LogP contribution is 2.56. The third-order valence-corrected chi connectivity index (χ3v) is 7.94. The Morgan fingerprint density at radius 3 is 2.63 bits per heavy atom. The van der Waals surface area contributed by atoms with E-state index in [-0.39, 0.29) is 34.6 Å². The Kier molecular flexibility index (Phi) is 5.28. The molecule has 1 saturated carbocycles. The third kappa shape index (κ3) is 3.36. The van der Waals surface area contributed by atoms with Gasteiger partial charge in [0.1, 0.15) is 6.10 Å². The molecule has 154 valence electrons. The van der Waals surface area contributed by atoms with Gasteiger partial charge < -0.3 is 20.5 Å². The molecule has 0 aromatic heterocycles. The molecule has 27 heavy (non-hydrogen) atoms. The average Bonchev–Trinajstić information content (AvgIpc) is 2.98. The molecule has 3 rings (SSSR count). The monoisotopic (exact) mass is 378 g/mol. The Balaban J connectivity index is 1.94. The van der Waals surface area contributed by atoms with Crippen molar-refractivity contribution in [1.82, 2.24) is 5.32 Å². The maximum Gasteiger partial charge on any atom is 0.207 e. The van der Waals surface area contributed by atoms with Crippen molar-refractivity contribution in [2.45, 2.75) is 102 Å². The van der Waals surface area contributed by atoms with Crippen LogP contribution in [-0.4, -0.2) is 39.9 Å². The van der Waals surface area contributed by atoms with Gasteiger partial charge in [0.05, 0.1) is 16.7 Å². The minimum Gasteiger partial charge on any atom is -0.472 e. The van der Waals surface area contributed by atoms with Crippen molar-refractivity contribution in [2.75, 3.05) is 0 Å². The molecule has 1 heterocycles. The van der Waals surface area contributed by atoms with Crippen molar-refractivity contribution < 1.29 is 20.0 Å². The predicted octanol–water partition coefficient (Wildman–Crippen LogP) is 2.06. The number of carbonyl (C=O) groups is 1. The summed E-state index contributed by atoms with van der Waals surface area (Å²) in [6.45, 7) is 10.7. The maximum atomic E-state index is 12.0. The first kappa shape index (κ1) is 20.8. The van der Waals surface area contributed by atoms with E-state index in [0.717, 1.165) is 44.9 Å². The summed E-state index contributed by atoms with van der Waals surface area (Å²) < 4.78 is 6.67. The molecule has 2 aliphatic carbocycles. The average molecular weight is 379 g/mol. The zero-order valence-electron chi connectivity index (χ0n) is 17.7. The molecule has 6 atom stereocenters. The van der Waals surface area contributed by atoms with Gasteiger partial charge in [-0.15, -0.1) is 0 Å². The lowest BCUT2D eigenvalue weighted by Gasteiger charge is -2.58.